The van der Waals surface area contributed by atoms with E-state index >= 15 is 0 Å². The summed E-state index contributed by atoms with van der Waals surface area (Å²) in [6.07, 6.45) is 0. The van der Waals surface area contributed by atoms with Crippen molar-refractivity contribution in [1.29, 1.82) is 0 Å². The molecule has 2 rings (SSSR count). The van der Waals surface area contributed by atoms with Gasteiger partial charge >= 0.3 is 5.97 Å². The Labute approximate surface area is 131 Å². The van der Waals surface area contributed by atoms with Gasteiger partial charge in [-0.1, -0.05) is 41.9 Å². The van der Waals surface area contributed by atoms with Crippen molar-refractivity contribution in [1.82, 2.24) is 4.98 Å². The average Bonchev–Trinajstić information content (AvgIpc) is 2.46. The molecule has 4 nitrogen and oxygen atoms in total. The molecule has 0 atom stereocenters. The van der Waals surface area contributed by atoms with Gasteiger partial charge in [0.15, 0.2) is 0 Å². The largest absolute Gasteiger partial charge is 0.478 e. The number of carboxylic acids is 1. The summed E-state index contributed by atoms with van der Waals surface area (Å²) < 4.78 is 6.62. The fourth-order valence-corrected chi connectivity index (χ4v) is 2.02. The van der Waals surface area contributed by atoms with Crippen LogP contribution >= 0.6 is 15.9 Å². The SMILES string of the molecule is CC(C)c1cc(C(=O)O)cc(OCc2ccc(Br)cc2)n1. The van der Waals surface area contributed by atoms with Crippen LogP contribution in [0.2, 0.25) is 0 Å². The second-order valence-corrected chi connectivity index (χ2v) is 5.91. The first kappa shape index (κ1) is 15.5. The molecule has 0 radical (unpaired) electrons. The number of ether oxygens (including phenoxy) is 1. The number of rotatable bonds is 5. The van der Waals surface area contributed by atoms with E-state index in [1.54, 1.807) is 6.07 Å². The van der Waals surface area contributed by atoms with Crippen molar-refractivity contribution in [2.24, 2.45) is 0 Å². The zero-order valence-electron chi connectivity index (χ0n) is 11.8. The van der Waals surface area contributed by atoms with Crippen molar-refractivity contribution in [2.45, 2.75) is 26.4 Å². The van der Waals surface area contributed by atoms with E-state index in [-0.39, 0.29) is 11.5 Å². The van der Waals surface area contributed by atoms with Crippen molar-refractivity contribution in [3.8, 4) is 5.88 Å². The molecule has 0 aliphatic heterocycles. The third-order valence-corrected chi connectivity index (χ3v) is 3.49. The Morgan fingerprint density at radius 1 is 1.29 bits per heavy atom. The van der Waals surface area contributed by atoms with Gasteiger partial charge in [0.25, 0.3) is 0 Å². The molecule has 21 heavy (non-hydrogen) atoms. The van der Waals surface area contributed by atoms with Crippen molar-refractivity contribution in [2.75, 3.05) is 0 Å². The van der Waals surface area contributed by atoms with Crippen LogP contribution in [-0.2, 0) is 6.61 Å². The van der Waals surface area contributed by atoms with Crippen molar-refractivity contribution >= 4 is 21.9 Å². The number of carbonyl (C=O) groups is 1. The zero-order chi connectivity index (χ0) is 15.4. The summed E-state index contributed by atoms with van der Waals surface area (Å²) in [6.45, 7) is 4.28. The van der Waals surface area contributed by atoms with E-state index in [4.69, 9.17) is 9.84 Å². The minimum Gasteiger partial charge on any atom is -0.478 e. The molecule has 0 unspecified atom stereocenters. The first-order valence-corrected chi connectivity index (χ1v) is 7.37. The van der Waals surface area contributed by atoms with Gasteiger partial charge in [0, 0.05) is 16.2 Å². The molecule has 0 aliphatic rings. The molecule has 0 saturated heterocycles. The summed E-state index contributed by atoms with van der Waals surface area (Å²) in [6, 6.07) is 10.8. The highest BCUT2D eigenvalue weighted by Crippen LogP contribution is 2.20. The topological polar surface area (TPSA) is 59.4 Å². The molecular weight excluding hydrogens is 334 g/mol. The molecule has 0 fully saturated rings. The molecule has 1 aromatic heterocycles. The maximum Gasteiger partial charge on any atom is 0.335 e. The van der Waals surface area contributed by atoms with Crippen LogP contribution in [0.25, 0.3) is 0 Å². The number of carboxylic acid groups (broad SMARTS) is 1. The van der Waals surface area contributed by atoms with E-state index in [1.165, 1.54) is 6.07 Å². The quantitative estimate of drug-likeness (QED) is 0.876. The maximum atomic E-state index is 11.2. The highest BCUT2D eigenvalue weighted by Gasteiger charge is 2.11. The summed E-state index contributed by atoms with van der Waals surface area (Å²) >= 11 is 3.37. The van der Waals surface area contributed by atoms with Crippen molar-refractivity contribution in [3.63, 3.8) is 0 Å². The number of halogens is 1. The van der Waals surface area contributed by atoms with Crippen LogP contribution in [0.3, 0.4) is 0 Å². The van der Waals surface area contributed by atoms with Gasteiger partial charge in [-0.25, -0.2) is 9.78 Å². The minimum absolute atomic E-state index is 0.138. The molecule has 110 valence electrons. The number of nitrogens with zero attached hydrogens (tertiary/aromatic N) is 1. The lowest BCUT2D eigenvalue weighted by molar-refractivity contribution is 0.0696. The predicted molar refractivity (Wildman–Crippen MR) is 83.8 cm³/mol. The number of pyridine rings is 1. The molecule has 0 saturated carbocycles. The second-order valence-electron chi connectivity index (χ2n) is 4.99. The number of hydrogen-bond donors (Lipinski definition) is 1. The Balaban J connectivity index is 2.18. The molecular formula is C16H16BrNO3. The van der Waals surface area contributed by atoms with Crippen LogP contribution in [0.4, 0.5) is 0 Å². The van der Waals surface area contributed by atoms with Crippen molar-refractivity contribution < 1.29 is 14.6 Å². The predicted octanol–water partition coefficient (Wildman–Crippen LogP) is 4.24. The van der Waals surface area contributed by atoms with E-state index in [9.17, 15) is 4.79 Å². The monoisotopic (exact) mass is 349 g/mol. The molecule has 0 bridgehead atoms. The van der Waals surface area contributed by atoms with Gasteiger partial charge in [0.1, 0.15) is 6.61 Å². The maximum absolute atomic E-state index is 11.2. The van der Waals surface area contributed by atoms with E-state index in [0.29, 0.717) is 18.2 Å². The Hall–Kier alpha value is -1.88. The number of benzene rings is 1. The molecule has 1 N–H and O–H groups in total. The number of hydrogen-bond acceptors (Lipinski definition) is 3. The molecule has 0 amide bonds. The number of aromatic nitrogens is 1. The molecule has 5 heteroatoms. The van der Waals surface area contributed by atoms with Crippen LogP contribution in [0.1, 0.15) is 41.4 Å². The van der Waals surface area contributed by atoms with E-state index in [0.717, 1.165) is 10.0 Å². The van der Waals surface area contributed by atoms with Crippen LogP contribution < -0.4 is 4.74 Å². The van der Waals surface area contributed by atoms with Gasteiger partial charge in [-0.2, -0.15) is 0 Å². The van der Waals surface area contributed by atoms with Crippen molar-refractivity contribution in [3.05, 3.63) is 57.7 Å². The first-order valence-electron chi connectivity index (χ1n) is 6.58. The summed E-state index contributed by atoms with van der Waals surface area (Å²) in [4.78, 5) is 15.5. The van der Waals surface area contributed by atoms with Crippen LogP contribution in [0.15, 0.2) is 40.9 Å². The van der Waals surface area contributed by atoms with E-state index < -0.39 is 5.97 Å². The Bertz CT molecular complexity index is 638. The summed E-state index contributed by atoms with van der Waals surface area (Å²) in [5.41, 5.74) is 1.90. The lowest BCUT2D eigenvalue weighted by Crippen LogP contribution is -2.05. The average molecular weight is 350 g/mol. The third-order valence-electron chi connectivity index (χ3n) is 2.96. The summed E-state index contributed by atoms with van der Waals surface area (Å²) in [5.74, 6) is -0.506. The smallest absolute Gasteiger partial charge is 0.335 e. The first-order chi connectivity index (χ1) is 9.95. The van der Waals surface area contributed by atoms with Gasteiger partial charge in [0.05, 0.1) is 5.56 Å². The second kappa shape index (κ2) is 6.72. The molecule has 1 heterocycles. The van der Waals surface area contributed by atoms with Gasteiger partial charge in [-0.05, 0) is 29.7 Å². The van der Waals surface area contributed by atoms with Crippen LogP contribution in [-0.4, -0.2) is 16.1 Å². The van der Waals surface area contributed by atoms with Gasteiger partial charge in [-0.15, -0.1) is 0 Å². The summed E-state index contributed by atoms with van der Waals surface area (Å²) in [5, 5.41) is 9.14. The van der Waals surface area contributed by atoms with Crippen LogP contribution in [0, 0.1) is 0 Å². The fraction of sp³-hybridized carbons (Fsp3) is 0.250. The lowest BCUT2D eigenvalue weighted by atomic mass is 10.1. The molecule has 1 aromatic carbocycles. The summed E-state index contributed by atoms with van der Waals surface area (Å²) in [7, 11) is 0. The van der Waals surface area contributed by atoms with Crippen LogP contribution in [0.5, 0.6) is 5.88 Å². The molecule has 2 aromatic rings. The standard InChI is InChI=1S/C16H16BrNO3/c1-10(2)14-7-12(16(19)20)8-15(18-14)21-9-11-3-5-13(17)6-4-11/h3-8,10H,9H2,1-2H3,(H,19,20). The highest BCUT2D eigenvalue weighted by molar-refractivity contribution is 9.10. The van der Waals surface area contributed by atoms with Gasteiger partial charge in [-0.3, -0.25) is 0 Å². The van der Waals surface area contributed by atoms with E-state index in [2.05, 4.69) is 20.9 Å². The molecule has 0 spiro atoms. The Morgan fingerprint density at radius 2 is 1.95 bits per heavy atom. The minimum atomic E-state index is -0.979. The van der Waals surface area contributed by atoms with E-state index in [1.807, 2.05) is 38.1 Å². The normalized spacial score (nSPS) is 10.7. The fourth-order valence-electron chi connectivity index (χ4n) is 1.76. The lowest BCUT2D eigenvalue weighted by Gasteiger charge is -2.10. The highest BCUT2D eigenvalue weighted by atomic mass is 79.9. The zero-order valence-corrected chi connectivity index (χ0v) is 13.4. The Kier molecular flexibility index (Phi) is 4.96. The third kappa shape index (κ3) is 4.29. The number of aromatic carboxylic acids is 1. The van der Waals surface area contributed by atoms with Gasteiger partial charge in [0.2, 0.25) is 5.88 Å². The van der Waals surface area contributed by atoms with Gasteiger partial charge < -0.3 is 9.84 Å². The molecule has 0 aliphatic carbocycles. The Morgan fingerprint density at radius 3 is 2.52 bits per heavy atom.